The Kier molecular flexibility index (Phi) is 5.90. The van der Waals surface area contributed by atoms with Crippen LogP contribution >= 0.6 is 22.3 Å². The predicted molar refractivity (Wildman–Crippen MR) is 114 cm³/mol. The zero-order valence-corrected chi connectivity index (χ0v) is 18.2. The minimum absolute atomic E-state index is 0.0686. The molecule has 1 unspecified atom stereocenters. The van der Waals surface area contributed by atoms with Gasteiger partial charge in [-0.3, -0.25) is 4.68 Å². The first-order chi connectivity index (χ1) is 14.3. The van der Waals surface area contributed by atoms with E-state index in [2.05, 4.69) is 5.10 Å². The van der Waals surface area contributed by atoms with Gasteiger partial charge in [-0.15, -0.1) is 0 Å². The third kappa shape index (κ3) is 4.55. The number of amides is 1. The zero-order valence-electron chi connectivity index (χ0n) is 15.9. The Morgan fingerprint density at radius 3 is 2.73 bits per heavy atom. The molecule has 0 saturated carbocycles. The van der Waals surface area contributed by atoms with Crippen molar-refractivity contribution in [1.29, 1.82) is 0 Å². The number of hydrogen-bond acceptors (Lipinski definition) is 5. The van der Waals surface area contributed by atoms with Crippen molar-refractivity contribution in [2.24, 2.45) is 5.92 Å². The Morgan fingerprint density at radius 1 is 1.23 bits per heavy atom. The van der Waals surface area contributed by atoms with Crippen LogP contribution in [0.1, 0.15) is 12.0 Å². The number of carbonyl (C=O) groups excluding carboxylic acids is 1. The fourth-order valence-electron chi connectivity index (χ4n) is 3.60. The average Bonchev–Trinajstić information content (AvgIpc) is 3.34. The topological polar surface area (TPSA) is 81.5 Å². The van der Waals surface area contributed by atoms with Gasteiger partial charge in [0.1, 0.15) is 6.61 Å². The van der Waals surface area contributed by atoms with Crippen LogP contribution in [0.4, 0.5) is 4.79 Å². The summed E-state index contributed by atoms with van der Waals surface area (Å²) in [6.45, 7) is 1.89. The monoisotopic (exact) mass is 467 g/mol. The normalized spacial score (nSPS) is 16.9. The summed E-state index contributed by atoms with van der Waals surface area (Å²) in [4.78, 5) is 14.0. The van der Waals surface area contributed by atoms with E-state index in [4.69, 9.17) is 27.0 Å². The molecule has 1 atom stereocenters. The summed E-state index contributed by atoms with van der Waals surface area (Å²) in [5.41, 5.74) is 1.53. The molecule has 2 heterocycles. The number of halogens is 2. The molecule has 10 heteroatoms. The van der Waals surface area contributed by atoms with Gasteiger partial charge < -0.3 is 9.64 Å². The molecule has 1 saturated heterocycles. The summed E-state index contributed by atoms with van der Waals surface area (Å²) < 4.78 is 30.5. The molecule has 0 aliphatic carbocycles. The van der Waals surface area contributed by atoms with Gasteiger partial charge in [-0.2, -0.15) is 5.10 Å². The van der Waals surface area contributed by atoms with E-state index in [1.807, 2.05) is 30.3 Å². The van der Waals surface area contributed by atoms with Gasteiger partial charge in [0.15, 0.2) is 0 Å². The lowest BCUT2D eigenvalue weighted by Gasteiger charge is -2.17. The second-order valence-corrected chi connectivity index (χ2v) is 10.2. The number of nitrogens with zero attached hydrogens (tertiary/aromatic N) is 3. The van der Waals surface area contributed by atoms with Crippen molar-refractivity contribution in [3.8, 4) is 0 Å². The van der Waals surface area contributed by atoms with E-state index in [1.165, 1.54) is 12.1 Å². The molecule has 30 heavy (non-hydrogen) atoms. The van der Waals surface area contributed by atoms with Gasteiger partial charge in [0.05, 0.1) is 21.6 Å². The quantitative estimate of drug-likeness (QED) is 0.523. The van der Waals surface area contributed by atoms with Crippen molar-refractivity contribution < 1.29 is 17.9 Å². The van der Waals surface area contributed by atoms with E-state index in [0.29, 0.717) is 30.5 Å². The highest BCUT2D eigenvalue weighted by Crippen LogP contribution is 2.30. The van der Waals surface area contributed by atoms with Crippen molar-refractivity contribution in [3.63, 3.8) is 0 Å². The van der Waals surface area contributed by atoms with Crippen molar-refractivity contribution >= 4 is 48.3 Å². The van der Waals surface area contributed by atoms with Crippen LogP contribution in [0.15, 0.2) is 53.6 Å². The van der Waals surface area contributed by atoms with Gasteiger partial charge in [-0.05, 0) is 30.0 Å². The zero-order chi connectivity index (χ0) is 21.3. The number of ether oxygens (including phenoxy) is 1. The summed E-state index contributed by atoms with van der Waals surface area (Å²) in [5.74, 6) is 0.160. The van der Waals surface area contributed by atoms with Crippen LogP contribution in [0.3, 0.4) is 0 Å². The van der Waals surface area contributed by atoms with Crippen molar-refractivity contribution in [1.82, 2.24) is 14.7 Å². The Morgan fingerprint density at radius 2 is 2.00 bits per heavy atom. The van der Waals surface area contributed by atoms with E-state index in [1.54, 1.807) is 15.8 Å². The number of hydrogen-bond donors (Lipinski definition) is 0. The molecule has 4 rings (SSSR count). The van der Waals surface area contributed by atoms with Gasteiger partial charge in [-0.25, -0.2) is 13.2 Å². The molecule has 0 spiro atoms. The van der Waals surface area contributed by atoms with Gasteiger partial charge in [0, 0.05) is 35.7 Å². The molecular formula is C20H19Cl2N3O4S. The highest BCUT2D eigenvalue weighted by molar-refractivity contribution is 8.13. The van der Waals surface area contributed by atoms with Crippen LogP contribution in [-0.2, 0) is 26.9 Å². The van der Waals surface area contributed by atoms with Crippen LogP contribution in [0.25, 0.3) is 10.9 Å². The van der Waals surface area contributed by atoms with Gasteiger partial charge >= 0.3 is 6.09 Å². The number of fused-ring (bicyclic) bond motifs is 1. The molecule has 1 fully saturated rings. The average molecular weight is 468 g/mol. The smallest absolute Gasteiger partial charge is 0.410 e. The Labute approximate surface area is 183 Å². The van der Waals surface area contributed by atoms with Gasteiger partial charge in [0.25, 0.3) is 9.05 Å². The SMILES string of the molecule is O=C(OCc1ccccc1)N1CCC(Cn2ncc3c(Cl)cc(S(=O)(=O)Cl)cc32)C1. The third-order valence-electron chi connectivity index (χ3n) is 5.15. The summed E-state index contributed by atoms with van der Waals surface area (Å²) in [5, 5.41) is 5.27. The summed E-state index contributed by atoms with van der Waals surface area (Å²) in [7, 11) is 1.56. The third-order valence-corrected chi connectivity index (χ3v) is 6.79. The molecule has 0 bridgehead atoms. The molecule has 1 amide bonds. The summed E-state index contributed by atoms with van der Waals surface area (Å²) in [6.07, 6.45) is 2.05. The second kappa shape index (κ2) is 8.45. The van der Waals surface area contributed by atoms with Gasteiger partial charge in [0.2, 0.25) is 0 Å². The maximum Gasteiger partial charge on any atom is 0.410 e. The lowest BCUT2D eigenvalue weighted by Crippen LogP contribution is -2.29. The molecule has 1 aliphatic heterocycles. The van der Waals surface area contributed by atoms with Crippen molar-refractivity contribution in [2.75, 3.05) is 13.1 Å². The molecule has 158 valence electrons. The maximum atomic E-state index is 12.4. The number of rotatable bonds is 5. The Hall–Kier alpha value is -2.29. The first-order valence-electron chi connectivity index (χ1n) is 9.36. The van der Waals surface area contributed by atoms with E-state index < -0.39 is 9.05 Å². The minimum atomic E-state index is -3.91. The van der Waals surface area contributed by atoms with Crippen LogP contribution in [0, 0.1) is 5.92 Å². The number of benzene rings is 2. The molecule has 3 aromatic rings. The van der Waals surface area contributed by atoms with Crippen molar-refractivity contribution in [3.05, 3.63) is 59.2 Å². The van der Waals surface area contributed by atoms with Crippen molar-refractivity contribution in [2.45, 2.75) is 24.5 Å². The molecule has 7 nitrogen and oxygen atoms in total. The predicted octanol–water partition coefficient (Wildman–Crippen LogP) is 4.28. The van der Waals surface area contributed by atoms with Crippen LogP contribution in [0.2, 0.25) is 5.02 Å². The maximum absolute atomic E-state index is 12.4. The number of likely N-dealkylation sites (tertiary alicyclic amines) is 1. The number of carbonyl (C=O) groups is 1. The molecule has 0 radical (unpaired) electrons. The van der Waals surface area contributed by atoms with Crippen LogP contribution < -0.4 is 0 Å². The van der Waals surface area contributed by atoms with Gasteiger partial charge in [-0.1, -0.05) is 41.9 Å². The first-order valence-corrected chi connectivity index (χ1v) is 12.1. The molecule has 0 N–H and O–H groups in total. The minimum Gasteiger partial charge on any atom is -0.445 e. The number of aromatic nitrogens is 2. The lowest BCUT2D eigenvalue weighted by atomic mass is 10.1. The highest BCUT2D eigenvalue weighted by atomic mass is 35.7. The lowest BCUT2D eigenvalue weighted by molar-refractivity contribution is 0.103. The molecule has 1 aliphatic rings. The highest BCUT2D eigenvalue weighted by Gasteiger charge is 2.28. The molecular weight excluding hydrogens is 449 g/mol. The standard InChI is InChI=1S/C20H19Cl2N3O4S/c21-18-8-16(30(22,27)28)9-19-17(18)10-23-25(19)12-15-6-7-24(11-15)20(26)29-13-14-4-2-1-3-5-14/h1-5,8-10,15H,6-7,11-13H2. The largest absolute Gasteiger partial charge is 0.445 e. The first kappa shape index (κ1) is 21.0. The summed E-state index contributed by atoms with van der Waals surface area (Å²) in [6, 6.07) is 12.3. The molecule has 2 aromatic carbocycles. The fourth-order valence-corrected chi connectivity index (χ4v) is 4.71. The van der Waals surface area contributed by atoms with E-state index >= 15 is 0 Å². The van der Waals surface area contributed by atoms with Crippen LogP contribution in [0.5, 0.6) is 0 Å². The second-order valence-electron chi connectivity index (χ2n) is 7.24. The fraction of sp³-hybridized carbons (Fsp3) is 0.300. The van der Waals surface area contributed by atoms with E-state index in [9.17, 15) is 13.2 Å². The Balaban J connectivity index is 1.42. The van der Waals surface area contributed by atoms with Crippen LogP contribution in [-0.4, -0.2) is 42.3 Å². The summed E-state index contributed by atoms with van der Waals surface area (Å²) >= 11 is 6.20. The van der Waals surface area contributed by atoms with E-state index in [-0.39, 0.29) is 28.5 Å². The Bertz CT molecular complexity index is 1180. The molecule has 1 aromatic heterocycles. The van der Waals surface area contributed by atoms with E-state index in [0.717, 1.165) is 12.0 Å².